The first-order valence-corrected chi connectivity index (χ1v) is 9.00. The second-order valence-corrected chi connectivity index (χ2v) is 8.12. The topological polar surface area (TPSA) is 46.5 Å². The van der Waals surface area contributed by atoms with Crippen LogP contribution < -0.4 is 0 Å². The van der Waals surface area contributed by atoms with Gasteiger partial charge in [0.2, 0.25) is 0 Å². The highest BCUT2D eigenvalue weighted by Gasteiger charge is 2.30. The van der Waals surface area contributed by atoms with Crippen molar-refractivity contribution >= 4 is 17.7 Å². The van der Waals surface area contributed by atoms with Crippen molar-refractivity contribution in [1.82, 2.24) is 0 Å². The maximum Gasteiger partial charge on any atom is 0.306 e. The van der Waals surface area contributed by atoms with Crippen LogP contribution in [0.25, 0.3) is 0 Å². The molecular weight excluding hydrogens is 284 g/mol. The van der Waals surface area contributed by atoms with Gasteiger partial charge in [-0.3, -0.25) is 4.79 Å². The molecule has 0 spiro atoms. The van der Waals surface area contributed by atoms with Gasteiger partial charge in [0.15, 0.2) is 0 Å². The molecule has 1 rings (SSSR count). The number of allylic oxidation sites excluding steroid dienone is 2. The van der Waals surface area contributed by atoms with Crippen LogP contribution in [0.1, 0.15) is 59.3 Å². The van der Waals surface area contributed by atoms with E-state index in [0.29, 0.717) is 25.4 Å². The maximum absolute atomic E-state index is 11.6. The van der Waals surface area contributed by atoms with Crippen LogP contribution in [0.5, 0.6) is 0 Å². The normalized spacial score (nSPS) is 19.2. The molecule has 0 fully saturated rings. The van der Waals surface area contributed by atoms with Gasteiger partial charge in [0, 0.05) is 17.1 Å². The summed E-state index contributed by atoms with van der Waals surface area (Å²) >= 11 is 1.89. The Morgan fingerprint density at radius 2 is 2.24 bits per heavy atom. The number of rotatable bonds is 9. The van der Waals surface area contributed by atoms with E-state index in [1.54, 1.807) is 0 Å². The Hall–Kier alpha value is -0.480. The Bertz CT molecular complexity index is 350. The summed E-state index contributed by atoms with van der Waals surface area (Å²) in [5.41, 5.74) is 1.51. The van der Waals surface area contributed by atoms with Crippen LogP contribution >= 0.6 is 11.8 Å². The van der Waals surface area contributed by atoms with E-state index in [4.69, 9.17) is 9.84 Å². The summed E-state index contributed by atoms with van der Waals surface area (Å²) in [6, 6.07) is 0. The Kier molecular flexibility index (Phi) is 8.42. The highest BCUT2D eigenvalue weighted by Crippen LogP contribution is 2.40. The van der Waals surface area contributed by atoms with Gasteiger partial charge in [-0.05, 0) is 44.9 Å². The summed E-state index contributed by atoms with van der Waals surface area (Å²) in [7, 11) is 0. The predicted octanol–water partition coefficient (Wildman–Crippen LogP) is 3.95. The van der Waals surface area contributed by atoms with Gasteiger partial charge < -0.3 is 9.84 Å². The lowest BCUT2D eigenvalue weighted by Crippen LogP contribution is -2.29. The first-order chi connectivity index (χ1) is 9.95. The molecule has 122 valence electrons. The zero-order valence-corrected chi connectivity index (χ0v) is 14.5. The van der Waals surface area contributed by atoms with Crippen molar-refractivity contribution in [3.8, 4) is 0 Å². The molecule has 0 aromatic rings. The van der Waals surface area contributed by atoms with Crippen LogP contribution in [0, 0.1) is 5.92 Å². The molecule has 1 atom stereocenters. The SMILES string of the molecule is CC1=CCC(C(C)(C)SCCC(=O)OCCCCO)CC1. The molecule has 1 aliphatic carbocycles. The van der Waals surface area contributed by atoms with E-state index in [-0.39, 0.29) is 17.3 Å². The lowest BCUT2D eigenvalue weighted by atomic mass is 9.82. The minimum Gasteiger partial charge on any atom is -0.466 e. The molecule has 0 saturated heterocycles. The van der Waals surface area contributed by atoms with Crippen molar-refractivity contribution < 1.29 is 14.6 Å². The number of esters is 1. The minimum absolute atomic E-state index is 0.115. The smallest absolute Gasteiger partial charge is 0.306 e. The summed E-state index contributed by atoms with van der Waals surface area (Å²) < 4.78 is 5.36. The Morgan fingerprint density at radius 3 is 2.86 bits per heavy atom. The minimum atomic E-state index is -0.115. The van der Waals surface area contributed by atoms with E-state index in [1.165, 1.54) is 18.4 Å². The quantitative estimate of drug-likeness (QED) is 0.398. The average molecular weight is 314 g/mol. The lowest BCUT2D eigenvalue weighted by molar-refractivity contribution is -0.143. The first-order valence-electron chi connectivity index (χ1n) is 8.02. The number of hydrogen-bond donors (Lipinski definition) is 1. The molecule has 0 radical (unpaired) electrons. The number of ether oxygens (including phenoxy) is 1. The third-order valence-electron chi connectivity index (χ3n) is 4.22. The Labute approximate surface area is 133 Å². The molecule has 0 heterocycles. The molecule has 1 N–H and O–H groups in total. The molecule has 0 amide bonds. The summed E-state index contributed by atoms with van der Waals surface area (Å²) in [6.07, 6.45) is 7.92. The summed E-state index contributed by atoms with van der Waals surface area (Å²) in [5.74, 6) is 1.41. The third kappa shape index (κ3) is 7.37. The van der Waals surface area contributed by atoms with Gasteiger partial charge in [-0.25, -0.2) is 0 Å². The van der Waals surface area contributed by atoms with E-state index < -0.39 is 0 Å². The molecular formula is C17H30O3S. The van der Waals surface area contributed by atoms with Crippen LogP contribution in [-0.2, 0) is 9.53 Å². The monoisotopic (exact) mass is 314 g/mol. The molecule has 3 nitrogen and oxygen atoms in total. The first kappa shape index (κ1) is 18.6. The number of carbonyl (C=O) groups is 1. The zero-order chi connectivity index (χ0) is 15.7. The van der Waals surface area contributed by atoms with Gasteiger partial charge in [0.25, 0.3) is 0 Å². The number of carbonyl (C=O) groups excluding carboxylic acids is 1. The molecule has 0 aliphatic heterocycles. The summed E-state index contributed by atoms with van der Waals surface area (Å²) in [5, 5.41) is 8.65. The van der Waals surface area contributed by atoms with Crippen LogP contribution in [0.4, 0.5) is 0 Å². The molecule has 0 saturated carbocycles. The molecule has 21 heavy (non-hydrogen) atoms. The summed E-state index contributed by atoms with van der Waals surface area (Å²) in [4.78, 5) is 11.6. The van der Waals surface area contributed by atoms with Crippen LogP contribution in [-0.4, -0.2) is 34.8 Å². The molecule has 1 aliphatic rings. The van der Waals surface area contributed by atoms with Crippen molar-refractivity contribution in [2.75, 3.05) is 19.0 Å². The maximum atomic E-state index is 11.6. The van der Waals surface area contributed by atoms with E-state index >= 15 is 0 Å². The third-order valence-corrected chi connectivity index (χ3v) is 5.70. The van der Waals surface area contributed by atoms with E-state index in [1.807, 2.05) is 11.8 Å². The van der Waals surface area contributed by atoms with Crippen molar-refractivity contribution in [2.45, 2.75) is 64.0 Å². The highest BCUT2D eigenvalue weighted by molar-refractivity contribution is 8.00. The number of unbranched alkanes of at least 4 members (excludes halogenated alkanes) is 1. The van der Waals surface area contributed by atoms with Gasteiger partial charge in [-0.1, -0.05) is 25.5 Å². The van der Waals surface area contributed by atoms with Crippen LogP contribution in [0.3, 0.4) is 0 Å². The van der Waals surface area contributed by atoms with E-state index in [9.17, 15) is 4.79 Å². The fourth-order valence-electron chi connectivity index (χ4n) is 2.58. The van der Waals surface area contributed by atoms with Gasteiger partial charge in [0.05, 0.1) is 13.0 Å². The molecule has 0 aromatic heterocycles. The zero-order valence-electron chi connectivity index (χ0n) is 13.7. The second kappa shape index (κ2) is 9.52. The Balaban J connectivity index is 2.19. The second-order valence-electron chi connectivity index (χ2n) is 6.37. The lowest BCUT2D eigenvalue weighted by Gasteiger charge is -2.35. The molecule has 0 aromatic carbocycles. The predicted molar refractivity (Wildman–Crippen MR) is 89.5 cm³/mol. The van der Waals surface area contributed by atoms with Crippen molar-refractivity contribution in [1.29, 1.82) is 0 Å². The molecule has 4 heteroatoms. The number of thioether (sulfide) groups is 1. The van der Waals surface area contributed by atoms with Crippen molar-refractivity contribution in [3.05, 3.63) is 11.6 Å². The molecule has 1 unspecified atom stereocenters. The van der Waals surface area contributed by atoms with Crippen molar-refractivity contribution in [2.24, 2.45) is 5.92 Å². The van der Waals surface area contributed by atoms with Crippen LogP contribution in [0.2, 0.25) is 0 Å². The van der Waals surface area contributed by atoms with Gasteiger partial charge in [-0.2, -0.15) is 11.8 Å². The Morgan fingerprint density at radius 1 is 1.48 bits per heavy atom. The van der Waals surface area contributed by atoms with Gasteiger partial charge in [0.1, 0.15) is 0 Å². The standard InChI is InChI=1S/C17H30O3S/c1-14-6-8-15(9-7-14)17(2,3)21-13-10-16(19)20-12-5-4-11-18/h6,15,18H,4-5,7-13H2,1-3H3. The van der Waals surface area contributed by atoms with Gasteiger partial charge >= 0.3 is 5.97 Å². The number of aliphatic hydroxyl groups is 1. The largest absolute Gasteiger partial charge is 0.466 e. The average Bonchev–Trinajstić information content (AvgIpc) is 2.44. The highest BCUT2D eigenvalue weighted by atomic mass is 32.2. The number of hydrogen-bond acceptors (Lipinski definition) is 4. The fourth-order valence-corrected chi connectivity index (χ4v) is 3.83. The number of aliphatic hydroxyl groups excluding tert-OH is 1. The molecule has 0 bridgehead atoms. The van der Waals surface area contributed by atoms with Crippen LogP contribution in [0.15, 0.2) is 11.6 Å². The van der Waals surface area contributed by atoms with E-state index in [0.717, 1.165) is 18.6 Å². The summed E-state index contributed by atoms with van der Waals surface area (Å²) in [6.45, 7) is 7.40. The van der Waals surface area contributed by atoms with Crippen molar-refractivity contribution in [3.63, 3.8) is 0 Å². The fraction of sp³-hybridized carbons (Fsp3) is 0.824. The van der Waals surface area contributed by atoms with Gasteiger partial charge in [-0.15, -0.1) is 0 Å². The van der Waals surface area contributed by atoms with E-state index in [2.05, 4.69) is 26.8 Å².